The molecule has 98 valence electrons. The van der Waals surface area contributed by atoms with Crippen LogP contribution in [0.4, 0.5) is 0 Å². The lowest BCUT2D eigenvalue weighted by atomic mass is 10.1. The van der Waals surface area contributed by atoms with Crippen molar-refractivity contribution in [3.8, 4) is 0 Å². The van der Waals surface area contributed by atoms with Gasteiger partial charge in [-0.1, -0.05) is 70.8 Å². The van der Waals surface area contributed by atoms with Crippen molar-refractivity contribution in [3.05, 3.63) is 40.8 Å². The average molecular weight is 254 g/mol. The van der Waals surface area contributed by atoms with Crippen LogP contribution in [-0.4, -0.2) is 0 Å². The molecule has 0 amide bonds. The number of hydrogen-bond donors (Lipinski definition) is 2. The van der Waals surface area contributed by atoms with Gasteiger partial charge in [0.05, 0.1) is 0 Å². The maximum atomic E-state index is 5.76. The van der Waals surface area contributed by atoms with Gasteiger partial charge in [0.15, 0.2) is 0 Å². The fourth-order valence-electron chi connectivity index (χ4n) is 1.07. The Kier molecular flexibility index (Phi) is 14.2. The maximum Gasteiger partial charge on any atom is 0.0464 e. The van der Waals surface area contributed by atoms with Crippen LogP contribution in [0.2, 0.25) is 0 Å². The molecule has 0 aromatic heterocycles. The van der Waals surface area contributed by atoms with E-state index in [-0.39, 0.29) is 0 Å². The van der Waals surface area contributed by atoms with Crippen LogP contribution in [0.1, 0.15) is 45.7 Å². The Bertz CT molecular complexity index is 292. The zero-order valence-corrected chi connectivity index (χ0v) is 12.5. The minimum absolute atomic E-state index is 0.718. The minimum Gasteiger partial charge on any atom is -0.398 e. The van der Waals surface area contributed by atoms with Crippen LogP contribution >= 0.6 is 11.9 Å². The first kappa shape index (κ1) is 18.4. The van der Waals surface area contributed by atoms with Crippen LogP contribution in [0, 0.1) is 0 Å². The molecule has 0 aliphatic carbocycles. The summed E-state index contributed by atoms with van der Waals surface area (Å²) in [7, 11) is 0. The van der Waals surface area contributed by atoms with Gasteiger partial charge < -0.3 is 5.73 Å². The van der Waals surface area contributed by atoms with Gasteiger partial charge in [-0.15, -0.1) is 0 Å². The van der Waals surface area contributed by atoms with E-state index in [2.05, 4.69) is 19.1 Å². The molecule has 0 saturated carbocycles. The quantitative estimate of drug-likeness (QED) is 0.796. The van der Waals surface area contributed by atoms with Gasteiger partial charge in [-0.25, -0.2) is 0 Å². The Balaban J connectivity index is 0. The normalized spacial score (nSPS) is 9.65. The van der Waals surface area contributed by atoms with Crippen molar-refractivity contribution in [2.24, 2.45) is 10.9 Å². The lowest BCUT2D eigenvalue weighted by Crippen LogP contribution is -1.96. The smallest absolute Gasteiger partial charge is 0.0464 e. The molecular formula is C14H26N2S. The van der Waals surface area contributed by atoms with E-state index in [1.807, 2.05) is 39.8 Å². The van der Waals surface area contributed by atoms with E-state index in [0.29, 0.717) is 0 Å². The lowest BCUT2D eigenvalue weighted by molar-refractivity contribution is 1.14. The number of nitrogens with two attached hydrogens (primary N) is 2. The zero-order valence-electron chi connectivity index (χ0n) is 11.7. The summed E-state index contributed by atoms with van der Waals surface area (Å²) in [6.45, 7) is 10.1. The Hall–Kier alpha value is -0.930. The summed E-state index contributed by atoms with van der Waals surface area (Å²) >= 11 is 1.13. The van der Waals surface area contributed by atoms with Crippen LogP contribution < -0.4 is 10.9 Å². The largest absolute Gasteiger partial charge is 0.398 e. The van der Waals surface area contributed by atoms with Gasteiger partial charge in [0, 0.05) is 11.1 Å². The van der Waals surface area contributed by atoms with Crippen LogP contribution in [0.3, 0.4) is 0 Å². The van der Waals surface area contributed by atoms with Crippen molar-refractivity contribution in [2.45, 2.75) is 41.0 Å². The molecule has 0 radical (unpaired) electrons. The monoisotopic (exact) mass is 254 g/mol. The van der Waals surface area contributed by atoms with E-state index in [1.54, 1.807) is 5.41 Å². The van der Waals surface area contributed by atoms with Crippen molar-refractivity contribution in [2.75, 3.05) is 0 Å². The minimum atomic E-state index is 0.718. The first-order valence-electron chi connectivity index (χ1n) is 6.18. The second-order valence-corrected chi connectivity index (χ2v) is 3.27. The lowest BCUT2D eigenvalue weighted by Gasteiger charge is -2.02. The third kappa shape index (κ3) is 7.88. The summed E-state index contributed by atoms with van der Waals surface area (Å²) in [5.74, 6) is 0. The van der Waals surface area contributed by atoms with Gasteiger partial charge in [0.2, 0.25) is 0 Å². The average Bonchev–Trinajstić information content (AvgIpc) is 2.43. The number of benzene rings is 1. The van der Waals surface area contributed by atoms with E-state index >= 15 is 0 Å². The SMILES string of the molecule is CC.CC.CCc1ccc(/C(N)=C/SN)cc1. The standard InChI is InChI=1S/C10H14N2S.2C2H6/c1-2-8-3-5-9(6-4-8)10(11)7-13-12;2*1-2/h3-7H,2,11-12H2,1H3;2*1-2H3/b10-7-;;. The van der Waals surface area contributed by atoms with Crippen LogP contribution in [-0.2, 0) is 6.42 Å². The summed E-state index contributed by atoms with van der Waals surface area (Å²) in [4.78, 5) is 0. The second kappa shape index (κ2) is 13.1. The Morgan fingerprint density at radius 1 is 1.12 bits per heavy atom. The van der Waals surface area contributed by atoms with Crippen LogP contribution in [0.15, 0.2) is 29.7 Å². The van der Waals surface area contributed by atoms with Gasteiger partial charge in [-0.3, -0.25) is 5.14 Å². The van der Waals surface area contributed by atoms with E-state index in [1.165, 1.54) is 5.56 Å². The van der Waals surface area contributed by atoms with Gasteiger partial charge in [-0.05, 0) is 17.5 Å². The molecule has 1 aromatic carbocycles. The molecule has 0 atom stereocenters. The molecule has 0 saturated heterocycles. The van der Waals surface area contributed by atoms with Crippen molar-refractivity contribution in [1.82, 2.24) is 0 Å². The molecule has 1 rings (SSSR count). The highest BCUT2D eigenvalue weighted by Crippen LogP contribution is 2.12. The number of aryl methyl sites for hydroxylation is 1. The predicted molar refractivity (Wildman–Crippen MR) is 82.5 cm³/mol. The number of hydrogen-bond acceptors (Lipinski definition) is 3. The topological polar surface area (TPSA) is 52.0 Å². The highest BCUT2D eigenvalue weighted by Gasteiger charge is 1.95. The molecular weight excluding hydrogens is 228 g/mol. The molecule has 0 spiro atoms. The molecule has 1 aromatic rings. The summed E-state index contributed by atoms with van der Waals surface area (Å²) in [5, 5.41) is 7.02. The molecule has 0 aliphatic rings. The van der Waals surface area contributed by atoms with Gasteiger partial charge in [-0.2, -0.15) is 0 Å². The number of rotatable bonds is 3. The molecule has 0 heterocycles. The predicted octanol–water partition coefficient (Wildman–Crippen LogP) is 4.17. The first-order chi connectivity index (χ1) is 8.27. The zero-order chi connectivity index (χ0) is 13.7. The summed E-state index contributed by atoms with van der Waals surface area (Å²) in [5.41, 5.74) is 8.81. The highest BCUT2D eigenvalue weighted by molar-refractivity contribution is 8.00. The highest BCUT2D eigenvalue weighted by atomic mass is 32.2. The van der Waals surface area contributed by atoms with Crippen molar-refractivity contribution >= 4 is 17.6 Å². The third-order valence-electron chi connectivity index (χ3n) is 1.89. The Labute approximate surface area is 111 Å². The molecule has 0 aliphatic heterocycles. The second-order valence-electron chi connectivity index (χ2n) is 2.76. The van der Waals surface area contributed by atoms with E-state index in [4.69, 9.17) is 10.9 Å². The maximum absolute atomic E-state index is 5.76. The van der Waals surface area contributed by atoms with E-state index in [9.17, 15) is 0 Å². The molecule has 4 N–H and O–H groups in total. The summed E-state index contributed by atoms with van der Waals surface area (Å²) < 4.78 is 0. The third-order valence-corrected chi connectivity index (χ3v) is 2.28. The molecule has 3 heteroatoms. The molecule has 0 fully saturated rings. The van der Waals surface area contributed by atoms with Crippen molar-refractivity contribution < 1.29 is 0 Å². The first-order valence-corrected chi connectivity index (χ1v) is 7.12. The molecule has 2 nitrogen and oxygen atoms in total. The molecule has 0 bridgehead atoms. The van der Waals surface area contributed by atoms with Crippen LogP contribution in [0.25, 0.3) is 5.70 Å². The van der Waals surface area contributed by atoms with Crippen molar-refractivity contribution in [3.63, 3.8) is 0 Å². The fraction of sp³-hybridized carbons (Fsp3) is 0.429. The fourth-order valence-corrected chi connectivity index (χ4v) is 1.36. The van der Waals surface area contributed by atoms with E-state index < -0.39 is 0 Å². The van der Waals surface area contributed by atoms with Gasteiger partial charge in [0.25, 0.3) is 0 Å². The van der Waals surface area contributed by atoms with Crippen molar-refractivity contribution in [1.29, 1.82) is 0 Å². The molecule has 0 unspecified atom stereocenters. The summed E-state index contributed by atoms with van der Waals surface area (Å²) in [6.07, 6.45) is 1.05. The Morgan fingerprint density at radius 2 is 1.59 bits per heavy atom. The Morgan fingerprint density at radius 3 is 1.94 bits per heavy atom. The van der Waals surface area contributed by atoms with E-state index in [0.717, 1.165) is 29.6 Å². The summed E-state index contributed by atoms with van der Waals surface area (Å²) in [6, 6.07) is 8.19. The van der Waals surface area contributed by atoms with Gasteiger partial charge >= 0.3 is 0 Å². The van der Waals surface area contributed by atoms with Gasteiger partial charge in [0.1, 0.15) is 0 Å². The molecule has 17 heavy (non-hydrogen) atoms. The van der Waals surface area contributed by atoms with Crippen LogP contribution in [0.5, 0.6) is 0 Å².